The van der Waals surface area contributed by atoms with E-state index in [2.05, 4.69) is 40.7 Å². The first-order valence-electron chi connectivity index (χ1n) is 8.26. The Morgan fingerprint density at radius 3 is 2.64 bits per heavy atom. The van der Waals surface area contributed by atoms with Crippen molar-refractivity contribution in [2.45, 2.75) is 45.6 Å². The van der Waals surface area contributed by atoms with Gasteiger partial charge in [0.1, 0.15) is 5.82 Å². The maximum Gasteiger partial charge on any atom is 0.142 e. The van der Waals surface area contributed by atoms with E-state index in [0.29, 0.717) is 0 Å². The number of hydrogen-bond acceptors (Lipinski definition) is 2. The highest BCUT2D eigenvalue weighted by Gasteiger charge is 2.11. The first-order valence-corrected chi connectivity index (χ1v) is 8.26. The molecule has 0 atom stereocenters. The van der Waals surface area contributed by atoms with Crippen LogP contribution in [0, 0.1) is 0 Å². The van der Waals surface area contributed by atoms with Crippen LogP contribution in [-0.2, 0) is 6.54 Å². The summed E-state index contributed by atoms with van der Waals surface area (Å²) in [5.74, 6) is 1.03. The Morgan fingerprint density at radius 1 is 0.955 bits per heavy atom. The standard InChI is InChI=1S/C19H23N3/c1-2-3-4-5-8-14-22-18-12-7-6-11-17(18)21-19(22)16-10-9-13-20-15-16/h6-7,9-13,15H,2-5,8,14H2,1H3. The van der Waals surface area contributed by atoms with Gasteiger partial charge in [-0.3, -0.25) is 4.98 Å². The van der Waals surface area contributed by atoms with Crippen LogP contribution in [-0.4, -0.2) is 14.5 Å². The van der Waals surface area contributed by atoms with Gasteiger partial charge >= 0.3 is 0 Å². The van der Waals surface area contributed by atoms with Crippen LogP contribution in [0.2, 0.25) is 0 Å². The van der Waals surface area contributed by atoms with Crippen molar-refractivity contribution >= 4 is 11.0 Å². The number of benzene rings is 1. The number of unbranched alkanes of at least 4 members (excludes halogenated alkanes) is 4. The molecule has 0 N–H and O–H groups in total. The zero-order valence-corrected chi connectivity index (χ0v) is 13.2. The van der Waals surface area contributed by atoms with Gasteiger partial charge in [-0.25, -0.2) is 4.98 Å². The summed E-state index contributed by atoms with van der Waals surface area (Å²) in [7, 11) is 0. The van der Waals surface area contributed by atoms with E-state index in [9.17, 15) is 0 Å². The molecule has 3 heteroatoms. The Balaban J connectivity index is 1.88. The van der Waals surface area contributed by atoms with Crippen molar-refractivity contribution in [3.63, 3.8) is 0 Å². The van der Waals surface area contributed by atoms with Gasteiger partial charge in [0.15, 0.2) is 0 Å². The minimum Gasteiger partial charge on any atom is -0.324 e. The van der Waals surface area contributed by atoms with Crippen LogP contribution in [0.4, 0.5) is 0 Å². The van der Waals surface area contributed by atoms with Crippen molar-refractivity contribution in [2.75, 3.05) is 0 Å². The third-order valence-corrected chi connectivity index (χ3v) is 4.06. The molecule has 2 aromatic heterocycles. The van der Waals surface area contributed by atoms with E-state index in [1.165, 1.54) is 37.6 Å². The fourth-order valence-electron chi connectivity index (χ4n) is 2.89. The SMILES string of the molecule is CCCCCCCn1c(-c2cccnc2)nc2ccccc21. The maximum absolute atomic E-state index is 4.82. The highest BCUT2D eigenvalue weighted by Crippen LogP contribution is 2.24. The van der Waals surface area contributed by atoms with Gasteiger partial charge in [-0.1, -0.05) is 44.7 Å². The van der Waals surface area contributed by atoms with Crippen LogP contribution in [0.3, 0.4) is 0 Å². The summed E-state index contributed by atoms with van der Waals surface area (Å²) in [5, 5.41) is 0. The summed E-state index contributed by atoms with van der Waals surface area (Å²) in [5.41, 5.74) is 3.37. The molecular formula is C19H23N3. The third kappa shape index (κ3) is 3.19. The highest BCUT2D eigenvalue weighted by molar-refractivity contribution is 5.80. The molecule has 2 heterocycles. The second kappa shape index (κ2) is 7.21. The number of fused-ring (bicyclic) bond motifs is 1. The second-order valence-corrected chi connectivity index (χ2v) is 5.73. The fourth-order valence-corrected chi connectivity index (χ4v) is 2.89. The van der Waals surface area contributed by atoms with Gasteiger partial charge in [0.25, 0.3) is 0 Å². The molecule has 22 heavy (non-hydrogen) atoms. The van der Waals surface area contributed by atoms with Crippen LogP contribution >= 0.6 is 0 Å². The summed E-state index contributed by atoms with van der Waals surface area (Å²) in [4.78, 5) is 9.06. The lowest BCUT2D eigenvalue weighted by Crippen LogP contribution is -2.01. The van der Waals surface area contributed by atoms with Crippen molar-refractivity contribution in [2.24, 2.45) is 0 Å². The van der Waals surface area contributed by atoms with E-state index in [1.54, 1.807) is 6.20 Å². The molecule has 0 bridgehead atoms. The van der Waals surface area contributed by atoms with Crippen molar-refractivity contribution in [3.05, 3.63) is 48.8 Å². The molecule has 0 aliphatic carbocycles. The summed E-state index contributed by atoms with van der Waals surface area (Å²) < 4.78 is 2.35. The normalized spacial score (nSPS) is 11.1. The Bertz CT molecular complexity index is 716. The quantitative estimate of drug-likeness (QED) is 0.569. The van der Waals surface area contributed by atoms with Crippen LogP contribution in [0.5, 0.6) is 0 Å². The molecule has 0 saturated heterocycles. The lowest BCUT2D eigenvalue weighted by molar-refractivity contribution is 0.578. The van der Waals surface area contributed by atoms with Crippen molar-refractivity contribution < 1.29 is 0 Å². The topological polar surface area (TPSA) is 30.7 Å². The number of rotatable bonds is 7. The zero-order valence-electron chi connectivity index (χ0n) is 13.2. The number of aromatic nitrogens is 3. The monoisotopic (exact) mass is 293 g/mol. The van der Waals surface area contributed by atoms with Crippen LogP contribution in [0.1, 0.15) is 39.0 Å². The fraction of sp³-hybridized carbons (Fsp3) is 0.368. The molecule has 3 rings (SSSR count). The molecule has 0 radical (unpaired) electrons. The predicted molar refractivity (Wildman–Crippen MR) is 91.7 cm³/mol. The Morgan fingerprint density at radius 2 is 1.82 bits per heavy atom. The molecular weight excluding hydrogens is 270 g/mol. The van der Waals surface area contributed by atoms with E-state index in [0.717, 1.165) is 23.4 Å². The average Bonchev–Trinajstić information content (AvgIpc) is 2.94. The van der Waals surface area contributed by atoms with Gasteiger partial charge in [-0.2, -0.15) is 0 Å². The maximum atomic E-state index is 4.82. The van der Waals surface area contributed by atoms with Gasteiger partial charge in [0.2, 0.25) is 0 Å². The van der Waals surface area contributed by atoms with Gasteiger partial charge < -0.3 is 4.57 Å². The molecule has 0 amide bonds. The summed E-state index contributed by atoms with van der Waals surface area (Å²) >= 11 is 0. The third-order valence-electron chi connectivity index (χ3n) is 4.06. The van der Waals surface area contributed by atoms with E-state index < -0.39 is 0 Å². The second-order valence-electron chi connectivity index (χ2n) is 5.73. The van der Waals surface area contributed by atoms with E-state index in [1.807, 2.05) is 18.3 Å². The molecule has 0 unspecified atom stereocenters. The highest BCUT2D eigenvalue weighted by atomic mass is 15.1. The molecule has 0 aliphatic heterocycles. The Kier molecular flexibility index (Phi) is 4.84. The number of nitrogens with zero attached hydrogens (tertiary/aromatic N) is 3. The Hall–Kier alpha value is -2.16. The molecule has 1 aromatic carbocycles. The average molecular weight is 293 g/mol. The molecule has 0 saturated carbocycles. The van der Waals surface area contributed by atoms with Gasteiger partial charge in [-0.15, -0.1) is 0 Å². The molecule has 0 fully saturated rings. The molecule has 0 aliphatic rings. The van der Waals surface area contributed by atoms with Crippen molar-refractivity contribution in [1.29, 1.82) is 0 Å². The number of hydrogen-bond donors (Lipinski definition) is 0. The first-order chi connectivity index (χ1) is 10.9. The van der Waals surface area contributed by atoms with Crippen molar-refractivity contribution in [1.82, 2.24) is 14.5 Å². The van der Waals surface area contributed by atoms with Crippen LogP contribution in [0.25, 0.3) is 22.4 Å². The number of pyridine rings is 1. The van der Waals surface area contributed by atoms with Gasteiger partial charge in [0, 0.05) is 24.5 Å². The predicted octanol–water partition coefficient (Wildman–Crippen LogP) is 5.07. The minimum absolute atomic E-state index is 1.02. The van der Waals surface area contributed by atoms with Gasteiger partial charge in [0.05, 0.1) is 11.0 Å². The zero-order chi connectivity index (χ0) is 15.2. The number of imidazole rings is 1. The molecule has 114 valence electrons. The lowest BCUT2D eigenvalue weighted by atomic mass is 10.1. The first kappa shape index (κ1) is 14.8. The molecule has 0 spiro atoms. The lowest BCUT2D eigenvalue weighted by Gasteiger charge is -2.09. The van der Waals surface area contributed by atoms with E-state index in [4.69, 9.17) is 4.98 Å². The van der Waals surface area contributed by atoms with Crippen molar-refractivity contribution in [3.8, 4) is 11.4 Å². The molecule has 3 aromatic rings. The summed E-state index contributed by atoms with van der Waals surface area (Å²) in [6, 6.07) is 12.4. The smallest absolute Gasteiger partial charge is 0.142 e. The largest absolute Gasteiger partial charge is 0.324 e. The number of aryl methyl sites for hydroxylation is 1. The summed E-state index contributed by atoms with van der Waals surface area (Å²) in [6.07, 6.45) is 10.1. The number of para-hydroxylation sites is 2. The minimum atomic E-state index is 1.02. The van der Waals surface area contributed by atoms with Crippen LogP contribution in [0.15, 0.2) is 48.8 Å². The van der Waals surface area contributed by atoms with Crippen LogP contribution < -0.4 is 0 Å². The van der Waals surface area contributed by atoms with E-state index in [-0.39, 0.29) is 0 Å². The van der Waals surface area contributed by atoms with Gasteiger partial charge in [-0.05, 0) is 30.7 Å². The Labute approximate surface area is 132 Å². The van der Waals surface area contributed by atoms with E-state index >= 15 is 0 Å². The summed E-state index contributed by atoms with van der Waals surface area (Å²) in [6.45, 7) is 3.28. The molecule has 3 nitrogen and oxygen atoms in total.